The van der Waals surface area contributed by atoms with Crippen LogP contribution in [0.15, 0.2) is 35.9 Å². The van der Waals surface area contributed by atoms with Crippen molar-refractivity contribution in [2.45, 2.75) is 11.9 Å². The summed E-state index contributed by atoms with van der Waals surface area (Å²) in [6.07, 6.45) is 2.89. The summed E-state index contributed by atoms with van der Waals surface area (Å²) in [4.78, 5) is 37.7. The molecule has 0 spiro atoms. The van der Waals surface area contributed by atoms with Crippen molar-refractivity contribution in [3.63, 3.8) is 0 Å². The second-order valence-corrected chi connectivity index (χ2v) is 5.79. The summed E-state index contributed by atoms with van der Waals surface area (Å²) in [6.45, 7) is 1.60. The van der Waals surface area contributed by atoms with Gasteiger partial charge in [-0.05, 0) is 13.0 Å². The number of imidazole rings is 1. The number of amides is 1. The Morgan fingerprint density at radius 1 is 1.38 bits per heavy atom. The van der Waals surface area contributed by atoms with Crippen LogP contribution in [-0.4, -0.2) is 36.5 Å². The van der Waals surface area contributed by atoms with Gasteiger partial charge in [0.05, 0.1) is 28.3 Å². The molecule has 1 amide bonds. The second kappa shape index (κ2) is 6.62. The first-order chi connectivity index (χ1) is 11.6. The number of anilines is 1. The highest BCUT2D eigenvalue weighted by molar-refractivity contribution is 8.00. The van der Waals surface area contributed by atoms with Crippen LogP contribution in [-0.2, 0) is 4.79 Å². The van der Waals surface area contributed by atoms with Crippen molar-refractivity contribution in [1.82, 2.24) is 19.9 Å². The van der Waals surface area contributed by atoms with E-state index < -0.39 is 4.92 Å². The number of nitro benzene ring substituents is 1. The van der Waals surface area contributed by atoms with Crippen molar-refractivity contribution in [2.75, 3.05) is 11.1 Å². The fraction of sp³-hybridized carbons (Fsp3) is 0.143. The van der Waals surface area contributed by atoms with Crippen LogP contribution in [0.4, 0.5) is 11.4 Å². The van der Waals surface area contributed by atoms with Crippen molar-refractivity contribution in [1.29, 1.82) is 0 Å². The minimum atomic E-state index is -0.477. The summed E-state index contributed by atoms with van der Waals surface area (Å²) < 4.78 is 0. The molecule has 3 aromatic rings. The molecule has 0 aliphatic heterocycles. The van der Waals surface area contributed by atoms with Gasteiger partial charge < -0.3 is 10.3 Å². The zero-order chi connectivity index (χ0) is 17.1. The highest BCUT2D eigenvalue weighted by Gasteiger charge is 2.15. The van der Waals surface area contributed by atoms with Crippen LogP contribution in [0.5, 0.6) is 0 Å². The Balaban J connectivity index is 1.69. The van der Waals surface area contributed by atoms with Crippen LogP contribution in [0.2, 0.25) is 0 Å². The lowest BCUT2D eigenvalue weighted by atomic mass is 10.1. The Morgan fingerprint density at radius 3 is 3.00 bits per heavy atom. The van der Waals surface area contributed by atoms with Crippen LogP contribution in [0.3, 0.4) is 0 Å². The van der Waals surface area contributed by atoms with Crippen molar-refractivity contribution in [3.8, 4) is 0 Å². The van der Waals surface area contributed by atoms with Crippen LogP contribution < -0.4 is 5.32 Å². The Morgan fingerprint density at radius 2 is 2.21 bits per heavy atom. The van der Waals surface area contributed by atoms with E-state index in [2.05, 4.69) is 25.3 Å². The number of benzene rings is 1. The van der Waals surface area contributed by atoms with Gasteiger partial charge in [-0.2, -0.15) is 0 Å². The third-order valence-electron chi connectivity index (χ3n) is 3.30. The number of fused-ring (bicyclic) bond motifs is 1. The summed E-state index contributed by atoms with van der Waals surface area (Å²) in [5, 5.41) is 14.2. The van der Waals surface area contributed by atoms with E-state index in [0.717, 1.165) is 0 Å². The summed E-state index contributed by atoms with van der Waals surface area (Å²) in [5.41, 5.74) is 2.00. The fourth-order valence-corrected chi connectivity index (χ4v) is 2.89. The Labute approximate surface area is 140 Å². The third-order valence-corrected chi connectivity index (χ3v) is 4.29. The van der Waals surface area contributed by atoms with E-state index in [9.17, 15) is 14.9 Å². The average molecular weight is 344 g/mol. The summed E-state index contributed by atoms with van der Waals surface area (Å²) in [5.74, 6) is -0.178. The molecular formula is C14H12N6O3S. The van der Waals surface area contributed by atoms with Crippen molar-refractivity contribution in [3.05, 3.63) is 46.5 Å². The van der Waals surface area contributed by atoms with E-state index in [1.54, 1.807) is 13.0 Å². The van der Waals surface area contributed by atoms with Gasteiger partial charge in [0.1, 0.15) is 16.9 Å². The first-order valence-electron chi connectivity index (χ1n) is 6.87. The molecule has 10 heteroatoms. The highest BCUT2D eigenvalue weighted by atomic mass is 32.2. The normalized spacial score (nSPS) is 10.7. The Bertz CT molecular complexity index is 926. The average Bonchev–Trinajstić information content (AvgIpc) is 3.03. The molecule has 2 N–H and O–H groups in total. The summed E-state index contributed by atoms with van der Waals surface area (Å²) >= 11 is 1.23. The van der Waals surface area contributed by atoms with E-state index in [1.807, 2.05) is 0 Å². The number of nitrogens with zero attached hydrogens (tertiary/aromatic N) is 4. The number of aromatic nitrogens is 4. The minimum absolute atomic E-state index is 0.0320. The topological polar surface area (TPSA) is 127 Å². The molecular weight excluding hydrogens is 332 g/mol. The zero-order valence-electron chi connectivity index (χ0n) is 12.5. The van der Waals surface area contributed by atoms with Crippen LogP contribution in [0, 0.1) is 17.0 Å². The van der Waals surface area contributed by atoms with E-state index in [4.69, 9.17) is 0 Å². The first-order valence-corrected chi connectivity index (χ1v) is 7.85. The molecule has 0 radical (unpaired) electrons. The lowest BCUT2D eigenvalue weighted by Gasteiger charge is -2.08. The van der Waals surface area contributed by atoms with Crippen LogP contribution in [0.25, 0.3) is 11.2 Å². The number of carbonyl (C=O) groups is 1. The minimum Gasteiger partial charge on any atom is -0.341 e. The third kappa shape index (κ3) is 3.18. The lowest BCUT2D eigenvalue weighted by molar-refractivity contribution is -0.385. The monoisotopic (exact) mass is 344 g/mol. The Kier molecular flexibility index (Phi) is 4.38. The molecule has 3 rings (SSSR count). The van der Waals surface area contributed by atoms with E-state index in [1.165, 1.54) is 36.5 Å². The highest BCUT2D eigenvalue weighted by Crippen LogP contribution is 2.26. The number of aromatic amines is 1. The van der Waals surface area contributed by atoms with Gasteiger partial charge in [-0.25, -0.2) is 15.0 Å². The zero-order valence-corrected chi connectivity index (χ0v) is 13.3. The van der Waals surface area contributed by atoms with Crippen molar-refractivity contribution >= 4 is 40.2 Å². The van der Waals surface area contributed by atoms with Gasteiger partial charge in [0.2, 0.25) is 5.91 Å². The summed E-state index contributed by atoms with van der Waals surface area (Å²) in [6, 6.07) is 4.56. The smallest absolute Gasteiger partial charge is 0.274 e. The largest absolute Gasteiger partial charge is 0.341 e. The standard InChI is InChI=1S/C14H12N6O3S/c1-8-9(3-2-4-10(8)20(22)23)19-11(21)5-24-14-12-13(16-6-15-12)17-7-18-14/h2-4,6-7H,5H2,1H3,(H,19,21)(H,15,16,17,18). The van der Waals surface area contributed by atoms with E-state index in [0.29, 0.717) is 27.4 Å². The number of H-pyrrole nitrogens is 1. The molecule has 1 aromatic carbocycles. The quantitative estimate of drug-likeness (QED) is 0.315. The molecule has 0 fully saturated rings. The van der Waals surface area contributed by atoms with Gasteiger partial charge in [0, 0.05) is 6.07 Å². The number of hydrogen-bond acceptors (Lipinski definition) is 7. The van der Waals surface area contributed by atoms with E-state index in [-0.39, 0.29) is 17.3 Å². The molecule has 0 saturated heterocycles. The molecule has 122 valence electrons. The molecule has 2 heterocycles. The number of nitro groups is 1. The van der Waals surface area contributed by atoms with Gasteiger partial charge >= 0.3 is 0 Å². The molecule has 0 aliphatic carbocycles. The van der Waals surface area contributed by atoms with Gasteiger partial charge in [0.25, 0.3) is 5.69 Å². The second-order valence-electron chi connectivity index (χ2n) is 4.82. The van der Waals surface area contributed by atoms with Gasteiger partial charge in [-0.15, -0.1) is 0 Å². The molecule has 0 bridgehead atoms. The molecule has 0 aliphatic rings. The molecule has 0 atom stereocenters. The molecule has 0 unspecified atom stereocenters. The number of thioether (sulfide) groups is 1. The van der Waals surface area contributed by atoms with Crippen molar-refractivity contribution in [2.24, 2.45) is 0 Å². The van der Waals surface area contributed by atoms with E-state index >= 15 is 0 Å². The van der Waals surface area contributed by atoms with Crippen LogP contribution in [0.1, 0.15) is 5.56 Å². The molecule has 9 nitrogen and oxygen atoms in total. The van der Waals surface area contributed by atoms with Gasteiger partial charge in [-0.1, -0.05) is 17.8 Å². The van der Waals surface area contributed by atoms with Crippen LogP contribution >= 0.6 is 11.8 Å². The number of rotatable bonds is 5. The maximum Gasteiger partial charge on any atom is 0.274 e. The maximum absolute atomic E-state index is 12.1. The molecule has 24 heavy (non-hydrogen) atoms. The van der Waals surface area contributed by atoms with Gasteiger partial charge in [0.15, 0.2) is 5.65 Å². The predicted molar refractivity (Wildman–Crippen MR) is 88.9 cm³/mol. The van der Waals surface area contributed by atoms with Gasteiger partial charge in [-0.3, -0.25) is 14.9 Å². The first kappa shape index (κ1) is 15.9. The number of carbonyl (C=O) groups excluding carboxylic acids is 1. The number of hydrogen-bond donors (Lipinski definition) is 2. The molecule has 2 aromatic heterocycles. The predicted octanol–water partition coefficient (Wildman–Crippen LogP) is 2.30. The molecule has 0 saturated carbocycles. The SMILES string of the molecule is Cc1c(NC(=O)CSc2ncnc3nc[nH]c23)cccc1[N+](=O)[O-]. The van der Waals surface area contributed by atoms with Crippen molar-refractivity contribution < 1.29 is 9.72 Å². The maximum atomic E-state index is 12.1. The number of nitrogens with one attached hydrogen (secondary N) is 2. The fourth-order valence-electron chi connectivity index (χ4n) is 2.13. The summed E-state index contributed by atoms with van der Waals surface area (Å²) in [7, 11) is 0. The Hall–Kier alpha value is -3.01. The lowest BCUT2D eigenvalue weighted by Crippen LogP contribution is -2.15.